The van der Waals surface area contributed by atoms with Crippen molar-refractivity contribution < 1.29 is 30.3 Å². The molecule has 1 aliphatic heterocycles. The van der Waals surface area contributed by atoms with E-state index in [1.807, 2.05) is 0 Å². The van der Waals surface area contributed by atoms with Crippen LogP contribution >= 0.6 is 0 Å². The van der Waals surface area contributed by atoms with E-state index in [0.717, 1.165) is 70.6 Å². The third kappa shape index (κ3) is 6.04. The third-order valence-electron chi connectivity index (χ3n) is 14.4. The van der Waals surface area contributed by atoms with E-state index in [1.54, 1.807) is 6.92 Å². The van der Waals surface area contributed by atoms with E-state index >= 15 is 0 Å². The number of epoxide rings is 1. The molecule has 5 N–H and O–H groups in total. The molecule has 14 atom stereocenters. The predicted octanol–water partition coefficient (Wildman–Crippen LogP) is 5.92. The monoisotopic (exact) mass is 602 g/mol. The maximum Gasteiger partial charge on any atom is 0.0930 e. The number of allylic oxidation sites excluding steroid dienone is 1. The van der Waals surface area contributed by atoms with Gasteiger partial charge in [0, 0.05) is 18.4 Å². The summed E-state index contributed by atoms with van der Waals surface area (Å²) in [6.07, 6.45) is 15.4. The average molecular weight is 603 g/mol. The van der Waals surface area contributed by atoms with Crippen molar-refractivity contribution in [3.05, 3.63) is 12.2 Å². The zero-order chi connectivity index (χ0) is 30.8. The summed E-state index contributed by atoms with van der Waals surface area (Å²) in [6.45, 7) is 11.5. The van der Waals surface area contributed by atoms with Crippen LogP contribution in [0.1, 0.15) is 130 Å². The molecule has 0 unspecified atom stereocenters. The van der Waals surface area contributed by atoms with Crippen LogP contribution in [-0.2, 0) is 4.74 Å². The second-order valence-electron chi connectivity index (χ2n) is 17.3. The minimum absolute atomic E-state index is 0.0450. The van der Waals surface area contributed by atoms with Crippen LogP contribution in [0, 0.1) is 46.3 Å². The first-order valence-corrected chi connectivity index (χ1v) is 18.0. The molecule has 6 fully saturated rings. The van der Waals surface area contributed by atoms with Crippen molar-refractivity contribution in [2.75, 3.05) is 6.61 Å². The summed E-state index contributed by atoms with van der Waals surface area (Å²) in [5.74, 6) is 2.75. The van der Waals surface area contributed by atoms with Crippen LogP contribution in [-0.4, -0.2) is 67.8 Å². The van der Waals surface area contributed by atoms with Crippen LogP contribution < -0.4 is 0 Å². The molecule has 6 nitrogen and oxygen atoms in total. The van der Waals surface area contributed by atoms with Gasteiger partial charge in [-0.3, -0.25) is 0 Å². The van der Waals surface area contributed by atoms with Crippen molar-refractivity contribution in [1.29, 1.82) is 0 Å². The van der Waals surface area contributed by atoms with Crippen molar-refractivity contribution >= 4 is 0 Å². The summed E-state index contributed by atoms with van der Waals surface area (Å²) in [4.78, 5) is 0. The van der Waals surface area contributed by atoms with Crippen LogP contribution in [0.2, 0.25) is 0 Å². The maximum absolute atomic E-state index is 11.2. The second kappa shape index (κ2) is 11.9. The lowest BCUT2D eigenvalue weighted by atomic mass is 9.46. The highest BCUT2D eigenvalue weighted by molar-refractivity contribution is 5.24. The fourth-order valence-electron chi connectivity index (χ4n) is 11.9. The highest BCUT2D eigenvalue weighted by atomic mass is 16.6. The molecule has 5 saturated carbocycles. The van der Waals surface area contributed by atoms with E-state index in [4.69, 9.17) is 11.3 Å². The van der Waals surface area contributed by atoms with Gasteiger partial charge < -0.3 is 30.3 Å². The molecule has 0 aromatic rings. The van der Waals surface area contributed by atoms with Gasteiger partial charge in [0.2, 0.25) is 0 Å². The predicted molar refractivity (Wildman–Crippen MR) is 168 cm³/mol. The lowest BCUT2D eigenvalue weighted by Crippen LogP contribution is -2.51. The van der Waals surface area contributed by atoms with E-state index in [1.165, 1.54) is 37.7 Å². The number of rotatable bonds is 9. The van der Waals surface area contributed by atoms with Crippen LogP contribution in [0.5, 0.6) is 0 Å². The molecule has 0 amide bonds. The van der Waals surface area contributed by atoms with E-state index in [9.17, 15) is 25.5 Å². The van der Waals surface area contributed by atoms with Gasteiger partial charge in [-0.05, 0) is 158 Å². The first-order valence-electron chi connectivity index (χ1n) is 18.0. The molecule has 1 saturated heterocycles. The number of aliphatic hydroxyl groups excluding tert-OH is 4. The number of hydrogen-bond acceptors (Lipinski definition) is 6. The fourth-order valence-corrected chi connectivity index (χ4v) is 11.9. The Hall–Kier alpha value is -0.500. The Labute approximate surface area is 260 Å². The van der Waals surface area contributed by atoms with Crippen LogP contribution in [0.4, 0.5) is 0 Å². The molecular formula is C37H62O6. The molecule has 5 aliphatic carbocycles. The van der Waals surface area contributed by atoms with Gasteiger partial charge in [-0.2, -0.15) is 0 Å². The van der Waals surface area contributed by atoms with Crippen molar-refractivity contribution in [2.24, 2.45) is 46.3 Å². The first-order chi connectivity index (χ1) is 20.3. The fraction of sp³-hybridized carbons (Fsp3) is 0.946. The number of hydrogen-bond donors (Lipinski definition) is 5. The Morgan fingerprint density at radius 3 is 2.51 bits per heavy atom. The summed E-state index contributed by atoms with van der Waals surface area (Å²) in [6, 6.07) is 0. The van der Waals surface area contributed by atoms with Gasteiger partial charge >= 0.3 is 0 Å². The van der Waals surface area contributed by atoms with Gasteiger partial charge in [-0.15, -0.1) is 0 Å². The van der Waals surface area contributed by atoms with Crippen molar-refractivity contribution in [3.8, 4) is 0 Å². The minimum Gasteiger partial charge on any atom is -0.396 e. The molecule has 0 aromatic carbocycles. The lowest BCUT2D eigenvalue weighted by Gasteiger charge is -2.58. The third-order valence-corrected chi connectivity index (χ3v) is 14.4. The summed E-state index contributed by atoms with van der Waals surface area (Å²) in [5, 5.41) is 52.1. The molecule has 246 valence electrons. The van der Waals surface area contributed by atoms with Gasteiger partial charge in [-0.1, -0.05) is 19.1 Å². The van der Waals surface area contributed by atoms with E-state index in [2.05, 4.69) is 13.8 Å². The highest BCUT2D eigenvalue weighted by Crippen LogP contribution is 2.69. The van der Waals surface area contributed by atoms with Crippen molar-refractivity contribution in [2.45, 2.75) is 166 Å². The zero-order valence-electron chi connectivity index (χ0n) is 27.4. The smallest absolute Gasteiger partial charge is 0.0930 e. The Morgan fingerprint density at radius 2 is 1.79 bits per heavy atom. The van der Waals surface area contributed by atoms with Gasteiger partial charge in [0.1, 0.15) is 0 Å². The van der Waals surface area contributed by atoms with Crippen molar-refractivity contribution in [1.82, 2.24) is 0 Å². The number of ether oxygens (including phenoxy) is 1. The summed E-state index contributed by atoms with van der Waals surface area (Å²) < 4.78 is 6.67. The highest BCUT2D eigenvalue weighted by Gasteiger charge is 2.67. The standard InChI is InChI=1S/C37H62O6/c1-23-19-36(14-9-25(20-36)10-15-37(42)12-5-8-28(40)21-37)33-35(4,43-33)13-11-31-30(23)22-34(31,3)27-17-26(7-6-16-38)29(18-27)32(41)24(2)39/h24-33,38-42H,1,5-22H2,2-4H3/t24-,25-,26+,27-,28-,29+,30+,31+,32-,33+,34+,35+,36+,37-/m0/s1. The molecule has 0 radical (unpaired) electrons. The van der Waals surface area contributed by atoms with E-state index in [0.29, 0.717) is 42.1 Å². The van der Waals surface area contributed by atoms with Gasteiger partial charge in [0.15, 0.2) is 0 Å². The number of aliphatic hydroxyl groups is 5. The molecule has 6 aliphatic rings. The SMILES string of the molecule is C=C1C[C@@]2(CC[C@@H](CC[C@@]3(O)CCC[C@H](O)C3)C2)[C@@H]2O[C@]2(C)CC[C@@H]2[C@@H]1C[C@]2(C)[C@H]1C[C@@H](CCCO)[C@H]([C@@H](O)[C@H](C)O)C1. The largest absolute Gasteiger partial charge is 0.396 e. The van der Waals surface area contributed by atoms with Gasteiger partial charge in [0.25, 0.3) is 0 Å². The van der Waals surface area contributed by atoms with Crippen LogP contribution in [0.15, 0.2) is 12.2 Å². The molecule has 0 aromatic heterocycles. The summed E-state index contributed by atoms with van der Waals surface area (Å²) in [7, 11) is 0. The second-order valence-corrected chi connectivity index (χ2v) is 17.3. The average Bonchev–Trinajstić information content (AvgIpc) is 3.26. The van der Waals surface area contributed by atoms with E-state index < -0.39 is 17.8 Å². The first kappa shape index (κ1) is 32.4. The molecule has 43 heavy (non-hydrogen) atoms. The Morgan fingerprint density at radius 1 is 1.00 bits per heavy atom. The summed E-state index contributed by atoms with van der Waals surface area (Å²) >= 11 is 0. The molecular weight excluding hydrogens is 540 g/mol. The van der Waals surface area contributed by atoms with Gasteiger partial charge in [0.05, 0.1) is 35.6 Å². The quantitative estimate of drug-likeness (QED) is 0.166. The normalized spacial score (nSPS) is 51.1. The molecule has 6 rings (SSSR count). The lowest BCUT2D eigenvalue weighted by molar-refractivity contribution is -0.0736. The molecule has 0 bridgehead atoms. The Balaban J connectivity index is 1.13. The Bertz CT molecular complexity index is 1020. The van der Waals surface area contributed by atoms with Gasteiger partial charge in [-0.25, -0.2) is 0 Å². The van der Waals surface area contributed by atoms with Crippen LogP contribution in [0.25, 0.3) is 0 Å². The zero-order valence-corrected chi connectivity index (χ0v) is 27.4. The van der Waals surface area contributed by atoms with Crippen LogP contribution in [0.3, 0.4) is 0 Å². The molecule has 1 spiro atoms. The molecule has 1 heterocycles. The Kier molecular flexibility index (Phi) is 9.01. The van der Waals surface area contributed by atoms with E-state index in [-0.39, 0.29) is 35.1 Å². The molecule has 6 heteroatoms. The topological polar surface area (TPSA) is 114 Å². The number of fused-ring (bicyclic) bond motifs is 3. The maximum atomic E-state index is 11.2. The summed E-state index contributed by atoms with van der Waals surface area (Å²) in [5.41, 5.74) is 1.09. The minimum atomic E-state index is -0.723. The van der Waals surface area contributed by atoms with Crippen molar-refractivity contribution in [3.63, 3.8) is 0 Å².